The van der Waals surface area contributed by atoms with E-state index in [0.29, 0.717) is 0 Å². The largest absolute Gasteiger partial charge is 0.394 e. The van der Waals surface area contributed by atoms with E-state index >= 15 is 0 Å². The number of unbranched alkanes of at least 4 members (excludes halogenated alkanes) is 12. The number of hydrogen-bond acceptors (Lipinski definition) is 4. The van der Waals surface area contributed by atoms with Crippen molar-refractivity contribution in [3.8, 4) is 0 Å². The minimum absolute atomic E-state index is 0.288. The Balaban J connectivity index is 3.26. The molecule has 0 spiro atoms. The molecule has 4 nitrogen and oxygen atoms in total. The second kappa shape index (κ2) is 16.4. The van der Waals surface area contributed by atoms with Crippen LogP contribution in [0.15, 0.2) is 0 Å². The molecule has 0 aliphatic rings. The van der Waals surface area contributed by atoms with Gasteiger partial charge in [0.1, 0.15) is 12.2 Å². The van der Waals surface area contributed by atoms with Gasteiger partial charge in [0.2, 0.25) is 0 Å². The molecule has 0 aromatic rings. The van der Waals surface area contributed by atoms with E-state index in [0.717, 1.165) is 19.3 Å². The fourth-order valence-electron chi connectivity index (χ4n) is 2.78. The lowest BCUT2D eigenvalue weighted by Crippen LogP contribution is -2.36. The molecule has 0 saturated heterocycles. The molecule has 0 heterocycles. The minimum atomic E-state index is -1.43. The lowest BCUT2D eigenvalue weighted by atomic mass is 10.0. The summed E-state index contributed by atoms with van der Waals surface area (Å²) >= 11 is 0. The number of carbonyl (C=O) groups excluding carboxylic acids is 1. The van der Waals surface area contributed by atoms with E-state index in [1.54, 1.807) is 0 Å². The zero-order valence-electron chi connectivity index (χ0n) is 15.0. The third-order valence-corrected chi connectivity index (χ3v) is 4.41. The highest BCUT2D eigenvalue weighted by molar-refractivity contribution is 5.83. The molecule has 2 atom stereocenters. The Hall–Kier alpha value is -0.450. The Morgan fingerprint density at radius 3 is 1.52 bits per heavy atom. The molecule has 23 heavy (non-hydrogen) atoms. The Bertz CT molecular complexity index is 268. The molecule has 1 unspecified atom stereocenters. The van der Waals surface area contributed by atoms with Crippen LogP contribution in [0.2, 0.25) is 0 Å². The minimum Gasteiger partial charge on any atom is -0.394 e. The summed E-state index contributed by atoms with van der Waals surface area (Å²) in [6.45, 7) is 1.67. The fourth-order valence-corrected chi connectivity index (χ4v) is 2.78. The van der Waals surface area contributed by atoms with Crippen LogP contribution in [0.25, 0.3) is 0 Å². The molecule has 0 fully saturated rings. The molecule has 0 aromatic carbocycles. The van der Waals surface area contributed by atoms with Crippen LogP contribution in [0.1, 0.15) is 96.8 Å². The van der Waals surface area contributed by atoms with Gasteiger partial charge >= 0.3 is 0 Å². The van der Waals surface area contributed by atoms with Crippen LogP contribution in [-0.2, 0) is 4.79 Å². The molecule has 0 aliphatic heterocycles. The van der Waals surface area contributed by atoms with E-state index in [-0.39, 0.29) is 12.2 Å². The van der Waals surface area contributed by atoms with Crippen molar-refractivity contribution in [3.05, 3.63) is 0 Å². The number of Topliss-reactive ketones (excluding diaryl/α,β-unsaturated/α-hetero) is 1. The van der Waals surface area contributed by atoms with Gasteiger partial charge in [0.05, 0.1) is 6.61 Å². The van der Waals surface area contributed by atoms with Crippen LogP contribution in [-0.4, -0.2) is 39.9 Å². The van der Waals surface area contributed by atoms with Crippen molar-refractivity contribution in [2.45, 2.75) is 109 Å². The number of carbonyl (C=O) groups is 1. The second-order valence-corrected chi connectivity index (χ2v) is 6.65. The molecular formula is C19H38O4. The highest BCUT2D eigenvalue weighted by Gasteiger charge is 2.22. The maximum absolute atomic E-state index is 11.5. The van der Waals surface area contributed by atoms with Crippen molar-refractivity contribution >= 4 is 5.78 Å². The van der Waals surface area contributed by atoms with E-state index in [4.69, 9.17) is 5.11 Å². The highest BCUT2D eigenvalue weighted by atomic mass is 16.4. The molecule has 0 aliphatic carbocycles. The summed E-state index contributed by atoms with van der Waals surface area (Å²) in [5.41, 5.74) is 0. The van der Waals surface area contributed by atoms with Gasteiger partial charge < -0.3 is 15.3 Å². The van der Waals surface area contributed by atoms with E-state index < -0.39 is 18.8 Å². The number of rotatable bonds is 17. The molecule has 0 rings (SSSR count). The summed E-state index contributed by atoms with van der Waals surface area (Å²) in [7, 11) is 0. The maximum atomic E-state index is 11.5. The van der Waals surface area contributed by atoms with Crippen molar-refractivity contribution in [1.29, 1.82) is 0 Å². The first kappa shape index (κ1) is 22.6. The first-order chi connectivity index (χ1) is 11.1. The number of aliphatic hydroxyl groups excluding tert-OH is 3. The van der Waals surface area contributed by atoms with E-state index in [1.807, 2.05) is 0 Å². The maximum Gasteiger partial charge on any atom is 0.164 e. The highest BCUT2D eigenvalue weighted by Crippen LogP contribution is 2.13. The van der Waals surface area contributed by atoms with Crippen LogP contribution in [0, 0.1) is 0 Å². The van der Waals surface area contributed by atoms with Crippen LogP contribution < -0.4 is 0 Å². The molecular weight excluding hydrogens is 292 g/mol. The summed E-state index contributed by atoms with van der Waals surface area (Å²) in [5, 5.41) is 27.3. The van der Waals surface area contributed by atoms with Crippen molar-refractivity contribution in [3.63, 3.8) is 0 Å². The smallest absolute Gasteiger partial charge is 0.164 e. The van der Waals surface area contributed by atoms with Crippen LogP contribution in [0.5, 0.6) is 0 Å². The summed E-state index contributed by atoms with van der Waals surface area (Å²) < 4.78 is 0. The SMILES string of the molecule is CCCCCCCCCCCCCCCC(=O)C(O)[C@H](O)CO. The number of aliphatic hydroxyl groups is 3. The molecule has 0 aromatic heterocycles. The van der Waals surface area contributed by atoms with Crippen molar-refractivity contribution in [2.24, 2.45) is 0 Å². The predicted molar refractivity (Wildman–Crippen MR) is 94.4 cm³/mol. The third-order valence-electron chi connectivity index (χ3n) is 4.41. The second-order valence-electron chi connectivity index (χ2n) is 6.65. The van der Waals surface area contributed by atoms with Gasteiger partial charge in [-0.3, -0.25) is 4.79 Å². The zero-order chi connectivity index (χ0) is 17.3. The standard InChI is InChI=1S/C19H38O4/c1-2-3-4-5-6-7-8-9-10-11-12-13-14-15-17(21)19(23)18(22)16-20/h18-20,22-23H,2-16H2,1H3/t18-,19?/m1/s1. The van der Waals surface area contributed by atoms with E-state index in [1.165, 1.54) is 64.2 Å². The summed E-state index contributed by atoms with van der Waals surface area (Å²) in [6, 6.07) is 0. The summed E-state index contributed by atoms with van der Waals surface area (Å²) in [4.78, 5) is 11.5. The normalized spacial score (nSPS) is 13.9. The van der Waals surface area contributed by atoms with Crippen LogP contribution in [0.3, 0.4) is 0 Å². The molecule has 4 heteroatoms. The number of hydrogen-bond donors (Lipinski definition) is 3. The van der Waals surface area contributed by atoms with E-state index in [2.05, 4.69) is 6.92 Å². The van der Waals surface area contributed by atoms with Gasteiger partial charge in [-0.1, -0.05) is 84.0 Å². The van der Waals surface area contributed by atoms with Gasteiger partial charge in [0.25, 0.3) is 0 Å². The van der Waals surface area contributed by atoms with Crippen LogP contribution >= 0.6 is 0 Å². The van der Waals surface area contributed by atoms with E-state index in [9.17, 15) is 15.0 Å². The average molecular weight is 331 g/mol. The predicted octanol–water partition coefficient (Wildman–Crippen LogP) is 3.75. The Kier molecular flexibility index (Phi) is 16.1. The Morgan fingerprint density at radius 1 is 0.739 bits per heavy atom. The molecule has 0 bridgehead atoms. The topological polar surface area (TPSA) is 77.8 Å². The third kappa shape index (κ3) is 13.7. The van der Waals surface area contributed by atoms with Crippen molar-refractivity contribution in [2.75, 3.05) is 6.61 Å². The van der Waals surface area contributed by atoms with Gasteiger partial charge in [-0.05, 0) is 6.42 Å². The fraction of sp³-hybridized carbons (Fsp3) is 0.947. The molecule has 3 N–H and O–H groups in total. The van der Waals surface area contributed by atoms with Gasteiger partial charge in [-0.2, -0.15) is 0 Å². The average Bonchev–Trinajstić information content (AvgIpc) is 2.57. The Morgan fingerprint density at radius 2 is 1.13 bits per heavy atom. The van der Waals surface area contributed by atoms with Gasteiger partial charge in [-0.25, -0.2) is 0 Å². The Labute approximate surface area is 142 Å². The van der Waals surface area contributed by atoms with Gasteiger partial charge in [-0.15, -0.1) is 0 Å². The molecule has 138 valence electrons. The van der Waals surface area contributed by atoms with Crippen molar-refractivity contribution in [1.82, 2.24) is 0 Å². The molecule has 0 saturated carbocycles. The summed E-state index contributed by atoms with van der Waals surface area (Å²) in [5.74, 6) is -0.366. The number of ketones is 1. The van der Waals surface area contributed by atoms with Gasteiger partial charge in [0.15, 0.2) is 5.78 Å². The molecule has 0 amide bonds. The monoisotopic (exact) mass is 330 g/mol. The quantitative estimate of drug-likeness (QED) is 0.355. The zero-order valence-corrected chi connectivity index (χ0v) is 15.0. The summed E-state index contributed by atoms with van der Waals surface area (Å²) in [6.07, 6.45) is 13.7. The lowest BCUT2D eigenvalue weighted by Gasteiger charge is -2.13. The first-order valence-electron chi connectivity index (χ1n) is 9.63. The van der Waals surface area contributed by atoms with Crippen molar-refractivity contribution < 1.29 is 20.1 Å². The van der Waals surface area contributed by atoms with Gasteiger partial charge in [0, 0.05) is 6.42 Å². The van der Waals surface area contributed by atoms with Crippen LogP contribution in [0.4, 0.5) is 0 Å². The lowest BCUT2D eigenvalue weighted by molar-refractivity contribution is -0.134. The first-order valence-corrected chi connectivity index (χ1v) is 9.63. The molecule has 0 radical (unpaired) electrons.